The van der Waals surface area contributed by atoms with Crippen molar-refractivity contribution >= 4 is 35.8 Å². The molecule has 272 valence electrons. The molecular formula is C38H45N3O9S. The summed E-state index contributed by atoms with van der Waals surface area (Å²) in [7, 11) is 3.02. The maximum absolute atomic E-state index is 14.4. The lowest BCUT2D eigenvalue weighted by Gasteiger charge is -2.32. The lowest BCUT2D eigenvalue weighted by Crippen LogP contribution is -2.53. The number of nitrogens with zero attached hydrogens (tertiary/aromatic N) is 1. The third-order valence-corrected chi connectivity index (χ3v) is 10.1. The number of amides is 3. The Kier molecular flexibility index (Phi) is 12.0. The van der Waals surface area contributed by atoms with Gasteiger partial charge >= 0.3 is 18.2 Å². The van der Waals surface area contributed by atoms with E-state index in [-0.39, 0.29) is 31.2 Å². The number of methoxy groups -OCH3 is 2. The Morgan fingerprint density at radius 2 is 1.57 bits per heavy atom. The van der Waals surface area contributed by atoms with Crippen molar-refractivity contribution < 1.29 is 43.2 Å². The van der Waals surface area contributed by atoms with Crippen molar-refractivity contribution in [3.05, 3.63) is 83.4 Å². The molecule has 1 saturated heterocycles. The van der Waals surface area contributed by atoms with Crippen LogP contribution < -0.4 is 20.1 Å². The number of ether oxygens (including phenoxy) is 4. The molecule has 0 saturated carbocycles. The van der Waals surface area contributed by atoms with Gasteiger partial charge in [-0.1, -0.05) is 48.5 Å². The third-order valence-electron chi connectivity index (χ3n) is 8.77. The minimum Gasteiger partial charge on any atom is -0.497 e. The van der Waals surface area contributed by atoms with E-state index in [0.717, 1.165) is 22.3 Å². The molecule has 0 bridgehead atoms. The lowest BCUT2D eigenvalue weighted by atomic mass is 9.98. The molecule has 3 amide bonds. The maximum Gasteiger partial charge on any atom is 0.407 e. The molecule has 3 atom stereocenters. The highest BCUT2D eigenvalue weighted by Crippen LogP contribution is 2.46. The minimum absolute atomic E-state index is 0.0452. The Morgan fingerprint density at radius 3 is 2.18 bits per heavy atom. The fourth-order valence-corrected chi connectivity index (χ4v) is 7.88. The monoisotopic (exact) mass is 719 g/mol. The average molecular weight is 720 g/mol. The fourth-order valence-electron chi connectivity index (χ4n) is 6.43. The van der Waals surface area contributed by atoms with Crippen LogP contribution >= 0.6 is 11.8 Å². The van der Waals surface area contributed by atoms with Crippen LogP contribution in [0.5, 0.6) is 11.5 Å². The van der Waals surface area contributed by atoms with Gasteiger partial charge < -0.3 is 39.6 Å². The number of hydrogen-bond acceptors (Lipinski definition) is 9. The summed E-state index contributed by atoms with van der Waals surface area (Å²) in [4.78, 5) is 53.8. The van der Waals surface area contributed by atoms with Gasteiger partial charge in [-0.2, -0.15) is 0 Å². The van der Waals surface area contributed by atoms with Crippen molar-refractivity contribution in [2.75, 3.05) is 33.1 Å². The second-order valence-electron chi connectivity index (χ2n) is 13.3. The molecule has 1 aliphatic carbocycles. The molecule has 0 aromatic heterocycles. The zero-order chi connectivity index (χ0) is 36.7. The molecule has 0 radical (unpaired) electrons. The van der Waals surface area contributed by atoms with E-state index in [2.05, 4.69) is 10.6 Å². The van der Waals surface area contributed by atoms with E-state index in [9.17, 15) is 24.3 Å². The first-order valence-corrected chi connectivity index (χ1v) is 17.9. The number of carboxylic acids is 1. The Hall–Kier alpha value is -4.91. The first-order valence-electron chi connectivity index (χ1n) is 16.9. The molecule has 1 heterocycles. The van der Waals surface area contributed by atoms with Gasteiger partial charge in [-0.25, -0.2) is 14.4 Å². The van der Waals surface area contributed by atoms with Gasteiger partial charge in [0, 0.05) is 29.8 Å². The van der Waals surface area contributed by atoms with Crippen LogP contribution in [-0.4, -0.2) is 84.9 Å². The molecule has 1 fully saturated rings. The molecule has 1 unspecified atom stereocenters. The number of carbonyl (C=O) groups is 4. The average Bonchev–Trinajstić information content (AvgIpc) is 3.69. The quantitative estimate of drug-likeness (QED) is 0.171. The zero-order valence-corrected chi connectivity index (χ0v) is 30.3. The van der Waals surface area contributed by atoms with Gasteiger partial charge in [0.1, 0.15) is 41.2 Å². The van der Waals surface area contributed by atoms with Gasteiger partial charge in [-0.05, 0) is 74.4 Å². The van der Waals surface area contributed by atoms with Gasteiger partial charge in [0.25, 0.3) is 0 Å². The van der Waals surface area contributed by atoms with Crippen molar-refractivity contribution in [3.63, 3.8) is 0 Å². The normalized spacial score (nSPS) is 17.2. The molecule has 5 rings (SSSR count). The number of rotatable bonds is 13. The standard InChI is InChI=1S/C38H45N3O9S/c1-38(2,3)50-36(45)39-19-11-10-16-30(40-37(46)49-21-29-26-14-8-6-12-24(26)25-13-7-9-15-27(25)29)33(42)41-31(35(43)44)22-51-34(41)28-18-17-23(47-4)20-32(28)48-5/h6-9,12-15,17-18,20,29-31,34H,10-11,16,19,21-22H2,1-5H3,(H,39,45)(H,40,46)(H,43,44)/t30-,31+,34?/m0/s1. The van der Waals surface area contributed by atoms with E-state index in [4.69, 9.17) is 18.9 Å². The summed E-state index contributed by atoms with van der Waals surface area (Å²) in [6.07, 6.45) is -0.284. The molecule has 51 heavy (non-hydrogen) atoms. The molecule has 3 N–H and O–H groups in total. The minimum atomic E-state index is -1.16. The molecule has 1 aliphatic heterocycles. The van der Waals surface area contributed by atoms with E-state index < -0.39 is 47.1 Å². The second-order valence-corrected chi connectivity index (χ2v) is 14.5. The molecule has 12 nitrogen and oxygen atoms in total. The van der Waals surface area contributed by atoms with Crippen LogP contribution in [0.4, 0.5) is 9.59 Å². The molecule has 3 aromatic carbocycles. The summed E-state index contributed by atoms with van der Waals surface area (Å²) < 4.78 is 22.0. The van der Waals surface area contributed by atoms with Crippen molar-refractivity contribution in [3.8, 4) is 22.6 Å². The highest BCUT2D eigenvalue weighted by Gasteiger charge is 2.45. The number of hydrogen-bond donors (Lipinski definition) is 3. The Labute approximate surface area is 302 Å². The first-order chi connectivity index (χ1) is 24.4. The second kappa shape index (κ2) is 16.4. The van der Waals surface area contributed by atoms with Crippen molar-refractivity contribution in [2.24, 2.45) is 0 Å². The number of nitrogens with one attached hydrogen (secondary N) is 2. The van der Waals surface area contributed by atoms with Gasteiger partial charge in [-0.15, -0.1) is 11.8 Å². The highest BCUT2D eigenvalue weighted by atomic mass is 32.2. The predicted octanol–water partition coefficient (Wildman–Crippen LogP) is 6.33. The van der Waals surface area contributed by atoms with E-state index in [0.29, 0.717) is 29.9 Å². The van der Waals surface area contributed by atoms with Crippen LogP contribution in [-0.2, 0) is 19.1 Å². The van der Waals surface area contributed by atoms with E-state index in [1.54, 1.807) is 39.0 Å². The largest absolute Gasteiger partial charge is 0.497 e. The summed E-state index contributed by atoms with van der Waals surface area (Å²) in [6, 6.07) is 18.8. The lowest BCUT2D eigenvalue weighted by molar-refractivity contribution is -0.150. The smallest absolute Gasteiger partial charge is 0.407 e. The number of thioether (sulfide) groups is 1. The van der Waals surface area contributed by atoms with E-state index in [1.807, 2.05) is 48.5 Å². The van der Waals surface area contributed by atoms with Crippen molar-refractivity contribution in [1.82, 2.24) is 15.5 Å². The topological polar surface area (TPSA) is 153 Å². The van der Waals surface area contributed by atoms with Crippen LogP contribution in [0, 0.1) is 0 Å². The van der Waals surface area contributed by atoms with Gasteiger partial charge in [0.15, 0.2) is 0 Å². The number of benzene rings is 3. The van der Waals surface area contributed by atoms with Gasteiger partial charge in [-0.3, -0.25) is 4.79 Å². The van der Waals surface area contributed by atoms with Crippen LogP contribution in [0.25, 0.3) is 11.1 Å². The van der Waals surface area contributed by atoms with Crippen LogP contribution in [0.2, 0.25) is 0 Å². The van der Waals surface area contributed by atoms with Crippen LogP contribution in [0.1, 0.15) is 68.0 Å². The number of unbranched alkanes of at least 4 members (excludes halogenated alkanes) is 1. The number of fused-ring (bicyclic) bond motifs is 3. The van der Waals surface area contributed by atoms with Crippen molar-refractivity contribution in [1.29, 1.82) is 0 Å². The molecule has 2 aliphatic rings. The zero-order valence-electron chi connectivity index (χ0n) is 29.5. The highest BCUT2D eigenvalue weighted by molar-refractivity contribution is 7.99. The number of alkyl carbamates (subject to hydrolysis) is 2. The maximum atomic E-state index is 14.4. The SMILES string of the molecule is COc1ccc(C2SC[C@H](C(=O)O)N2C(=O)[C@H](CCCCNC(=O)OC(C)(C)C)NC(=O)OCC2c3ccccc3-c3ccccc32)c(OC)c1. The molecule has 13 heteroatoms. The Bertz CT molecular complexity index is 1700. The number of aliphatic carboxylic acids is 1. The summed E-state index contributed by atoms with van der Waals surface area (Å²) in [5.41, 5.74) is 4.22. The first kappa shape index (κ1) is 37.3. The number of carbonyl (C=O) groups excluding carboxylic acids is 3. The molecule has 0 spiro atoms. The Balaban J connectivity index is 1.34. The Morgan fingerprint density at radius 1 is 0.902 bits per heavy atom. The van der Waals surface area contributed by atoms with Crippen LogP contribution in [0.15, 0.2) is 66.7 Å². The number of carboxylic acid groups (broad SMARTS) is 1. The van der Waals surface area contributed by atoms with Crippen LogP contribution in [0.3, 0.4) is 0 Å². The summed E-state index contributed by atoms with van der Waals surface area (Å²) in [6.45, 7) is 5.64. The fraction of sp³-hybridized carbons (Fsp3) is 0.421. The summed E-state index contributed by atoms with van der Waals surface area (Å²) in [5, 5.41) is 14.9. The molecular weight excluding hydrogens is 674 g/mol. The summed E-state index contributed by atoms with van der Waals surface area (Å²) >= 11 is 1.30. The summed E-state index contributed by atoms with van der Waals surface area (Å²) in [5.74, 6) is -0.796. The van der Waals surface area contributed by atoms with E-state index >= 15 is 0 Å². The molecule has 3 aromatic rings. The van der Waals surface area contributed by atoms with Crippen molar-refractivity contribution in [2.45, 2.75) is 69.0 Å². The third kappa shape index (κ3) is 8.88. The predicted molar refractivity (Wildman–Crippen MR) is 193 cm³/mol. The van der Waals surface area contributed by atoms with Gasteiger partial charge in [0.05, 0.1) is 14.2 Å². The van der Waals surface area contributed by atoms with Gasteiger partial charge in [0.2, 0.25) is 5.91 Å². The van der Waals surface area contributed by atoms with E-state index in [1.165, 1.54) is 30.9 Å².